The third kappa shape index (κ3) is 3.45. The summed E-state index contributed by atoms with van der Waals surface area (Å²) in [5, 5.41) is 8.65. The number of nitrogens with zero attached hydrogens (tertiary/aromatic N) is 2. The first kappa shape index (κ1) is 16.0. The molecule has 0 amide bonds. The predicted octanol–water partition coefficient (Wildman–Crippen LogP) is 2.95. The quantitative estimate of drug-likeness (QED) is 0.859. The summed E-state index contributed by atoms with van der Waals surface area (Å²) in [6, 6.07) is 8.71. The Morgan fingerprint density at radius 3 is 2.29 bits per heavy atom. The second kappa shape index (κ2) is 6.17. The number of hydrogen-bond acceptors (Lipinski definition) is 3. The van der Waals surface area contributed by atoms with Crippen molar-refractivity contribution in [3.8, 4) is 6.07 Å². The second-order valence-corrected chi connectivity index (χ2v) is 7.99. The molecule has 1 heterocycles. The Labute approximate surface area is 127 Å². The van der Waals surface area contributed by atoms with Crippen LogP contribution in [0.25, 0.3) is 0 Å². The Morgan fingerprint density at radius 2 is 1.81 bits per heavy atom. The molecule has 2 rings (SSSR count). The first-order valence-corrected chi connectivity index (χ1v) is 8.81. The minimum atomic E-state index is -3.40. The Balaban J connectivity index is 2.14. The molecule has 0 aromatic heterocycles. The minimum absolute atomic E-state index is 0.267. The number of hydrogen-bond donors (Lipinski definition) is 0. The van der Waals surface area contributed by atoms with Gasteiger partial charge in [0.15, 0.2) is 0 Å². The largest absolute Gasteiger partial charge is 0.243 e. The van der Waals surface area contributed by atoms with E-state index in [-0.39, 0.29) is 5.41 Å². The summed E-state index contributed by atoms with van der Waals surface area (Å²) < 4.78 is 26.8. The number of piperidine rings is 1. The number of sulfonamides is 1. The molecule has 21 heavy (non-hydrogen) atoms. The monoisotopic (exact) mass is 306 g/mol. The Hall–Kier alpha value is -1.38. The lowest BCUT2D eigenvalue weighted by molar-refractivity contribution is 0.169. The highest BCUT2D eigenvalue weighted by Gasteiger charge is 2.34. The van der Waals surface area contributed by atoms with Crippen molar-refractivity contribution in [3.63, 3.8) is 0 Å². The average Bonchev–Trinajstić information content (AvgIpc) is 2.49. The summed E-state index contributed by atoms with van der Waals surface area (Å²) in [5.74, 6) is 0. The standard InChI is InChI=1S/C16H22N2O2S/c1-3-16(2)9-12-18(13-10-16)21(19,20)15-6-4-14(5-7-15)8-11-17/h4-7H,3,8-10,12-13H2,1-2H3. The van der Waals surface area contributed by atoms with Gasteiger partial charge in [0.1, 0.15) is 0 Å². The van der Waals surface area contributed by atoms with E-state index < -0.39 is 10.0 Å². The van der Waals surface area contributed by atoms with E-state index >= 15 is 0 Å². The van der Waals surface area contributed by atoms with Crippen LogP contribution in [0.4, 0.5) is 0 Å². The van der Waals surface area contributed by atoms with E-state index in [2.05, 4.69) is 19.9 Å². The highest BCUT2D eigenvalue weighted by Crippen LogP contribution is 2.35. The van der Waals surface area contributed by atoms with E-state index in [9.17, 15) is 8.42 Å². The van der Waals surface area contributed by atoms with Gasteiger partial charge in [-0.25, -0.2) is 8.42 Å². The highest BCUT2D eigenvalue weighted by molar-refractivity contribution is 7.89. The van der Waals surface area contributed by atoms with Crippen molar-refractivity contribution in [2.24, 2.45) is 5.41 Å². The lowest BCUT2D eigenvalue weighted by Gasteiger charge is -2.38. The van der Waals surface area contributed by atoms with E-state index in [0.717, 1.165) is 24.8 Å². The summed E-state index contributed by atoms with van der Waals surface area (Å²) in [4.78, 5) is 0.323. The lowest BCUT2D eigenvalue weighted by Crippen LogP contribution is -2.41. The van der Waals surface area contributed by atoms with Gasteiger partial charge in [-0.15, -0.1) is 0 Å². The number of nitriles is 1. The molecule has 114 valence electrons. The van der Waals surface area contributed by atoms with E-state index in [4.69, 9.17) is 5.26 Å². The van der Waals surface area contributed by atoms with Crippen LogP contribution in [0.1, 0.15) is 38.7 Å². The zero-order valence-electron chi connectivity index (χ0n) is 12.7. The van der Waals surface area contributed by atoms with Gasteiger partial charge in [-0.2, -0.15) is 9.57 Å². The number of benzene rings is 1. The van der Waals surface area contributed by atoms with E-state index in [0.29, 0.717) is 24.4 Å². The molecule has 0 unspecified atom stereocenters. The third-order valence-corrected chi connectivity index (χ3v) is 6.54. The first-order valence-electron chi connectivity index (χ1n) is 7.37. The normalized spacial score (nSPS) is 19.1. The van der Waals surface area contributed by atoms with Crippen LogP contribution in [0.3, 0.4) is 0 Å². The summed E-state index contributed by atoms with van der Waals surface area (Å²) >= 11 is 0. The summed E-state index contributed by atoms with van der Waals surface area (Å²) in [7, 11) is -3.40. The van der Waals surface area contributed by atoms with Gasteiger partial charge in [-0.3, -0.25) is 0 Å². The zero-order valence-corrected chi connectivity index (χ0v) is 13.5. The van der Waals surface area contributed by atoms with Crippen LogP contribution < -0.4 is 0 Å². The molecule has 4 nitrogen and oxygen atoms in total. The van der Waals surface area contributed by atoms with E-state index in [1.165, 1.54) is 0 Å². The molecule has 0 saturated carbocycles. The topological polar surface area (TPSA) is 61.2 Å². The van der Waals surface area contributed by atoms with Crippen LogP contribution in [0, 0.1) is 16.7 Å². The van der Waals surface area contributed by atoms with Crippen molar-refractivity contribution in [2.75, 3.05) is 13.1 Å². The van der Waals surface area contributed by atoms with Crippen LogP contribution in [0.2, 0.25) is 0 Å². The van der Waals surface area contributed by atoms with Crippen molar-refractivity contribution in [1.82, 2.24) is 4.31 Å². The molecule has 0 N–H and O–H groups in total. The molecule has 1 fully saturated rings. The van der Waals surface area contributed by atoms with Gasteiger partial charge < -0.3 is 0 Å². The van der Waals surface area contributed by atoms with Crippen molar-refractivity contribution >= 4 is 10.0 Å². The predicted molar refractivity (Wildman–Crippen MR) is 82.1 cm³/mol. The van der Waals surface area contributed by atoms with Crippen molar-refractivity contribution in [1.29, 1.82) is 5.26 Å². The molecule has 1 aromatic rings. The van der Waals surface area contributed by atoms with E-state index in [1.54, 1.807) is 28.6 Å². The Kier molecular flexibility index (Phi) is 4.70. The fourth-order valence-electron chi connectivity index (χ4n) is 2.64. The number of rotatable bonds is 4. The van der Waals surface area contributed by atoms with Crippen molar-refractivity contribution < 1.29 is 8.42 Å². The van der Waals surface area contributed by atoms with Crippen LogP contribution in [-0.2, 0) is 16.4 Å². The molecule has 0 atom stereocenters. The molecule has 0 bridgehead atoms. The third-order valence-electron chi connectivity index (χ3n) is 4.63. The highest BCUT2D eigenvalue weighted by atomic mass is 32.2. The molecule has 1 aliphatic rings. The van der Waals surface area contributed by atoms with Crippen molar-refractivity contribution in [2.45, 2.75) is 44.4 Å². The molecule has 0 radical (unpaired) electrons. The van der Waals surface area contributed by atoms with Gasteiger partial charge >= 0.3 is 0 Å². The molecule has 1 saturated heterocycles. The van der Waals surface area contributed by atoms with Crippen LogP contribution in [-0.4, -0.2) is 25.8 Å². The van der Waals surface area contributed by atoms with Crippen LogP contribution in [0.5, 0.6) is 0 Å². The fourth-order valence-corrected chi connectivity index (χ4v) is 4.08. The molecule has 5 heteroatoms. The average molecular weight is 306 g/mol. The smallest absolute Gasteiger partial charge is 0.207 e. The molecule has 1 aromatic carbocycles. The van der Waals surface area contributed by atoms with Crippen LogP contribution in [0.15, 0.2) is 29.2 Å². The maximum absolute atomic E-state index is 12.6. The first-order chi connectivity index (χ1) is 9.91. The summed E-state index contributed by atoms with van der Waals surface area (Å²) in [6.07, 6.45) is 3.22. The molecule has 1 aliphatic heterocycles. The molecule has 0 spiro atoms. The molecular formula is C16H22N2O2S. The maximum atomic E-state index is 12.6. The van der Waals surface area contributed by atoms with Gasteiger partial charge in [0.2, 0.25) is 10.0 Å². The summed E-state index contributed by atoms with van der Waals surface area (Å²) in [5.41, 5.74) is 1.11. The second-order valence-electron chi connectivity index (χ2n) is 6.05. The van der Waals surface area contributed by atoms with Crippen LogP contribution >= 0.6 is 0 Å². The van der Waals surface area contributed by atoms with Gasteiger partial charge in [0, 0.05) is 13.1 Å². The van der Waals surface area contributed by atoms with Crippen molar-refractivity contribution in [3.05, 3.63) is 29.8 Å². The van der Waals surface area contributed by atoms with Gasteiger partial charge in [-0.05, 0) is 36.0 Å². The molecule has 0 aliphatic carbocycles. The van der Waals surface area contributed by atoms with E-state index in [1.807, 2.05) is 0 Å². The zero-order chi connectivity index (χ0) is 15.5. The maximum Gasteiger partial charge on any atom is 0.243 e. The summed E-state index contributed by atoms with van der Waals surface area (Å²) in [6.45, 7) is 5.57. The Morgan fingerprint density at radius 1 is 1.24 bits per heavy atom. The van der Waals surface area contributed by atoms with Gasteiger partial charge in [0.05, 0.1) is 17.4 Å². The Bertz CT molecular complexity index is 621. The SMILES string of the molecule is CCC1(C)CCN(S(=O)(=O)c2ccc(CC#N)cc2)CC1. The fraction of sp³-hybridized carbons (Fsp3) is 0.562. The minimum Gasteiger partial charge on any atom is -0.207 e. The van der Waals surface area contributed by atoms with Gasteiger partial charge in [0.25, 0.3) is 0 Å². The van der Waals surface area contributed by atoms with Gasteiger partial charge in [-0.1, -0.05) is 32.4 Å². The lowest BCUT2D eigenvalue weighted by atomic mass is 9.79. The molecular weight excluding hydrogens is 284 g/mol.